The topological polar surface area (TPSA) is 101 Å². The molecule has 0 radical (unpaired) electrons. The molecule has 1 fully saturated rings. The second-order valence-electron chi connectivity index (χ2n) is 6.74. The van der Waals surface area contributed by atoms with E-state index in [0.717, 1.165) is 18.4 Å². The second kappa shape index (κ2) is 9.23. The van der Waals surface area contributed by atoms with Gasteiger partial charge in [-0.3, -0.25) is 10.6 Å². The Hall–Kier alpha value is -2.80. The largest absolute Gasteiger partial charge is 0.496 e. The van der Waals surface area contributed by atoms with Gasteiger partial charge >= 0.3 is 0 Å². The van der Waals surface area contributed by atoms with Gasteiger partial charge in [-0.15, -0.1) is 0 Å². The molecule has 0 saturated heterocycles. The summed E-state index contributed by atoms with van der Waals surface area (Å²) in [6.07, 6.45) is 7.42. The normalized spacial score (nSPS) is 14.4. The van der Waals surface area contributed by atoms with Crippen molar-refractivity contribution in [2.24, 2.45) is 5.84 Å². The molecule has 1 aromatic carbocycles. The van der Waals surface area contributed by atoms with E-state index in [9.17, 15) is 4.79 Å². The first-order valence-corrected chi connectivity index (χ1v) is 9.34. The van der Waals surface area contributed by atoms with Crippen LogP contribution >= 0.6 is 0 Å². The maximum absolute atomic E-state index is 12.6. The average Bonchev–Trinajstić information content (AvgIpc) is 2.72. The summed E-state index contributed by atoms with van der Waals surface area (Å²) in [7, 11) is 1.58. The van der Waals surface area contributed by atoms with Crippen molar-refractivity contribution < 1.29 is 9.53 Å². The van der Waals surface area contributed by atoms with Gasteiger partial charge < -0.3 is 20.8 Å². The molecule has 7 heteroatoms. The molecule has 0 spiro atoms. The molecule has 1 saturated carbocycles. The molecule has 0 atom stereocenters. The number of hydrazine groups is 1. The van der Waals surface area contributed by atoms with Crippen LogP contribution in [0.1, 0.15) is 48.0 Å². The summed E-state index contributed by atoms with van der Waals surface area (Å²) in [5.41, 5.74) is 4.88. The number of benzene rings is 1. The van der Waals surface area contributed by atoms with Crippen molar-refractivity contribution in [1.82, 2.24) is 10.3 Å². The first kappa shape index (κ1) is 19.0. The maximum Gasteiger partial charge on any atom is 0.255 e. The zero-order valence-corrected chi connectivity index (χ0v) is 15.6. The highest BCUT2D eigenvalue weighted by Gasteiger charge is 2.19. The Morgan fingerprint density at radius 1 is 1.26 bits per heavy atom. The Bertz CT molecular complexity index is 775. The van der Waals surface area contributed by atoms with Crippen molar-refractivity contribution in [2.75, 3.05) is 17.9 Å². The predicted molar refractivity (Wildman–Crippen MR) is 107 cm³/mol. The molecular weight excluding hydrogens is 342 g/mol. The van der Waals surface area contributed by atoms with Gasteiger partial charge in [-0.25, -0.2) is 4.98 Å². The number of nitrogens with zero attached hydrogens (tertiary/aromatic N) is 1. The standard InChI is InChI=1S/C20H27N5O2/c1-27-18-12-14(13-23-19-17(25-21)8-5-11-22-19)9-10-16(18)20(26)24-15-6-3-2-4-7-15/h5,8-12,15,25H,2-4,6-7,13,21H2,1H3,(H,22,23)(H,24,26). The number of anilines is 2. The highest BCUT2D eigenvalue weighted by molar-refractivity contribution is 5.97. The summed E-state index contributed by atoms with van der Waals surface area (Å²) < 4.78 is 5.46. The number of hydrogen-bond donors (Lipinski definition) is 4. The van der Waals surface area contributed by atoms with Gasteiger partial charge in [0.05, 0.1) is 18.4 Å². The number of pyridine rings is 1. The van der Waals surface area contributed by atoms with Crippen molar-refractivity contribution in [3.05, 3.63) is 47.7 Å². The van der Waals surface area contributed by atoms with Gasteiger partial charge in [-0.05, 0) is 42.7 Å². The summed E-state index contributed by atoms with van der Waals surface area (Å²) >= 11 is 0. The fourth-order valence-corrected chi connectivity index (χ4v) is 3.39. The number of amides is 1. The molecule has 27 heavy (non-hydrogen) atoms. The average molecular weight is 369 g/mol. The minimum Gasteiger partial charge on any atom is -0.496 e. The van der Waals surface area contributed by atoms with Gasteiger partial charge in [0, 0.05) is 18.8 Å². The van der Waals surface area contributed by atoms with Gasteiger partial charge in [-0.1, -0.05) is 25.3 Å². The third-order valence-electron chi connectivity index (χ3n) is 4.87. The molecule has 0 unspecified atom stereocenters. The Balaban J connectivity index is 1.67. The van der Waals surface area contributed by atoms with Gasteiger partial charge in [-0.2, -0.15) is 0 Å². The minimum absolute atomic E-state index is 0.0717. The van der Waals surface area contributed by atoms with Crippen molar-refractivity contribution in [3.63, 3.8) is 0 Å². The Kier molecular flexibility index (Phi) is 6.49. The lowest BCUT2D eigenvalue weighted by atomic mass is 9.95. The Morgan fingerprint density at radius 3 is 2.81 bits per heavy atom. The number of nitrogens with one attached hydrogen (secondary N) is 3. The van der Waals surface area contributed by atoms with E-state index in [1.54, 1.807) is 13.3 Å². The van der Waals surface area contributed by atoms with Crippen molar-refractivity contribution in [1.29, 1.82) is 0 Å². The number of aromatic nitrogens is 1. The lowest BCUT2D eigenvalue weighted by molar-refractivity contribution is 0.0924. The summed E-state index contributed by atoms with van der Waals surface area (Å²) in [5.74, 6) is 6.66. The molecule has 1 aromatic heterocycles. The number of ether oxygens (including phenoxy) is 1. The van der Waals surface area contributed by atoms with Crippen LogP contribution < -0.4 is 26.6 Å². The lowest BCUT2D eigenvalue weighted by Gasteiger charge is -2.23. The summed E-state index contributed by atoms with van der Waals surface area (Å²) in [6, 6.07) is 9.53. The van der Waals surface area contributed by atoms with Crippen LogP contribution in [-0.4, -0.2) is 24.0 Å². The highest BCUT2D eigenvalue weighted by Crippen LogP contribution is 2.24. The minimum atomic E-state index is -0.0717. The smallest absolute Gasteiger partial charge is 0.255 e. The molecule has 3 rings (SSSR count). The van der Waals surface area contributed by atoms with Gasteiger partial charge in [0.1, 0.15) is 5.75 Å². The van der Waals surface area contributed by atoms with Crippen molar-refractivity contribution >= 4 is 17.4 Å². The van der Waals surface area contributed by atoms with E-state index in [-0.39, 0.29) is 11.9 Å². The second-order valence-corrected chi connectivity index (χ2v) is 6.74. The number of hydrogen-bond acceptors (Lipinski definition) is 6. The molecule has 1 aliphatic carbocycles. The first-order chi connectivity index (χ1) is 13.2. The lowest BCUT2D eigenvalue weighted by Crippen LogP contribution is -2.36. The molecule has 1 heterocycles. The molecule has 1 amide bonds. The van der Waals surface area contributed by atoms with E-state index >= 15 is 0 Å². The molecule has 0 aliphatic heterocycles. The molecular formula is C20H27N5O2. The third kappa shape index (κ3) is 4.89. The van der Waals surface area contributed by atoms with Crippen LogP contribution in [0.4, 0.5) is 11.5 Å². The van der Waals surface area contributed by atoms with Crippen LogP contribution in [0.15, 0.2) is 36.5 Å². The predicted octanol–water partition coefficient (Wildman–Crippen LogP) is 3.05. The molecule has 144 valence electrons. The van der Waals surface area contributed by atoms with E-state index in [4.69, 9.17) is 10.6 Å². The summed E-state index contributed by atoms with van der Waals surface area (Å²) in [5, 5.41) is 6.37. The van der Waals surface area contributed by atoms with Crippen LogP contribution in [0.5, 0.6) is 5.75 Å². The summed E-state index contributed by atoms with van der Waals surface area (Å²) in [6.45, 7) is 0.534. The van der Waals surface area contributed by atoms with Crippen LogP contribution in [0, 0.1) is 0 Å². The number of nitrogens with two attached hydrogens (primary N) is 1. The summed E-state index contributed by atoms with van der Waals surface area (Å²) in [4.78, 5) is 16.9. The fourth-order valence-electron chi connectivity index (χ4n) is 3.39. The zero-order valence-electron chi connectivity index (χ0n) is 15.6. The van der Waals surface area contributed by atoms with Gasteiger partial charge in [0.2, 0.25) is 0 Å². The fraction of sp³-hybridized carbons (Fsp3) is 0.400. The van der Waals surface area contributed by atoms with Crippen LogP contribution in [0.25, 0.3) is 0 Å². The molecule has 5 N–H and O–H groups in total. The zero-order chi connectivity index (χ0) is 19.1. The molecule has 1 aliphatic rings. The Labute approximate surface area is 159 Å². The molecule has 7 nitrogen and oxygen atoms in total. The molecule has 2 aromatic rings. The van der Waals surface area contributed by atoms with Gasteiger partial charge in [0.25, 0.3) is 5.91 Å². The van der Waals surface area contributed by atoms with E-state index in [1.165, 1.54) is 19.3 Å². The van der Waals surface area contributed by atoms with Crippen molar-refractivity contribution in [3.8, 4) is 5.75 Å². The maximum atomic E-state index is 12.6. The van der Waals surface area contributed by atoms with Gasteiger partial charge in [0.15, 0.2) is 5.82 Å². The first-order valence-electron chi connectivity index (χ1n) is 9.34. The van der Waals surface area contributed by atoms with E-state index in [0.29, 0.717) is 29.4 Å². The highest BCUT2D eigenvalue weighted by atomic mass is 16.5. The number of carbonyl (C=O) groups is 1. The van der Waals surface area contributed by atoms with Crippen LogP contribution in [0.3, 0.4) is 0 Å². The van der Waals surface area contributed by atoms with E-state index in [2.05, 4.69) is 21.0 Å². The number of carbonyl (C=O) groups excluding carboxylic acids is 1. The van der Waals surface area contributed by atoms with E-state index < -0.39 is 0 Å². The monoisotopic (exact) mass is 369 g/mol. The quantitative estimate of drug-likeness (QED) is 0.442. The third-order valence-corrected chi connectivity index (χ3v) is 4.87. The molecule has 0 bridgehead atoms. The Morgan fingerprint density at radius 2 is 2.07 bits per heavy atom. The van der Waals surface area contributed by atoms with Crippen LogP contribution in [0.2, 0.25) is 0 Å². The number of methoxy groups -OCH3 is 1. The van der Waals surface area contributed by atoms with Crippen LogP contribution in [-0.2, 0) is 6.54 Å². The SMILES string of the molecule is COc1cc(CNc2ncccc2NN)ccc1C(=O)NC1CCCCC1. The number of rotatable bonds is 7. The number of nitrogen functional groups attached to an aromatic ring is 1. The van der Waals surface area contributed by atoms with Crippen molar-refractivity contribution in [2.45, 2.75) is 44.7 Å². The van der Waals surface area contributed by atoms with E-state index in [1.807, 2.05) is 30.3 Å².